The molecule has 2 rings (SSSR count). The summed E-state index contributed by atoms with van der Waals surface area (Å²) >= 11 is 0. The van der Waals surface area contributed by atoms with E-state index < -0.39 is 5.97 Å². The van der Waals surface area contributed by atoms with Crippen LogP contribution in [0.25, 0.3) is 0 Å². The van der Waals surface area contributed by atoms with Gasteiger partial charge < -0.3 is 15.2 Å². The smallest absolute Gasteiger partial charge is 0.337 e. The molecule has 0 bridgehead atoms. The van der Waals surface area contributed by atoms with Crippen LogP contribution in [0.2, 0.25) is 0 Å². The Balaban J connectivity index is 2.12. The number of rotatable bonds is 5. The number of hydrogen-bond donors (Lipinski definition) is 2. The topological polar surface area (TPSA) is 58.6 Å². The maximum absolute atomic E-state index is 11.1. The van der Waals surface area contributed by atoms with E-state index in [4.69, 9.17) is 9.84 Å². The van der Waals surface area contributed by atoms with Gasteiger partial charge in [0, 0.05) is 19.3 Å². The molecule has 18 heavy (non-hydrogen) atoms. The third-order valence-electron chi connectivity index (χ3n) is 3.70. The average Bonchev–Trinajstić information content (AvgIpc) is 2.28. The highest BCUT2D eigenvalue weighted by molar-refractivity contribution is 5.94. The van der Waals surface area contributed by atoms with Crippen LogP contribution in [0.1, 0.15) is 35.2 Å². The van der Waals surface area contributed by atoms with Gasteiger partial charge in [-0.25, -0.2) is 4.79 Å². The minimum atomic E-state index is -0.905. The number of carboxylic acids is 1. The van der Waals surface area contributed by atoms with E-state index in [-0.39, 0.29) is 5.60 Å². The molecule has 0 heterocycles. The third-order valence-corrected chi connectivity index (χ3v) is 3.70. The van der Waals surface area contributed by atoms with Gasteiger partial charge in [-0.05, 0) is 43.9 Å². The van der Waals surface area contributed by atoms with Crippen LogP contribution in [0.15, 0.2) is 18.2 Å². The fourth-order valence-corrected chi connectivity index (χ4v) is 2.27. The quantitative estimate of drug-likeness (QED) is 0.842. The van der Waals surface area contributed by atoms with Crippen LogP contribution < -0.4 is 5.32 Å². The second-order valence-corrected chi connectivity index (χ2v) is 4.95. The first-order valence-corrected chi connectivity index (χ1v) is 6.19. The van der Waals surface area contributed by atoms with Crippen molar-refractivity contribution >= 4 is 11.7 Å². The number of hydrogen-bond acceptors (Lipinski definition) is 3. The van der Waals surface area contributed by atoms with Crippen molar-refractivity contribution in [3.8, 4) is 0 Å². The van der Waals surface area contributed by atoms with Crippen LogP contribution in [0, 0.1) is 6.92 Å². The zero-order valence-electron chi connectivity index (χ0n) is 10.8. The lowest BCUT2D eigenvalue weighted by atomic mass is 9.80. The summed E-state index contributed by atoms with van der Waals surface area (Å²) in [6, 6.07) is 5.32. The number of nitrogens with one attached hydrogen (secondary N) is 1. The average molecular weight is 249 g/mol. The van der Waals surface area contributed by atoms with E-state index in [9.17, 15) is 4.79 Å². The Bertz CT molecular complexity index is 447. The Morgan fingerprint density at radius 1 is 1.50 bits per heavy atom. The van der Waals surface area contributed by atoms with Crippen LogP contribution in [0.3, 0.4) is 0 Å². The molecule has 0 amide bonds. The number of methoxy groups -OCH3 is 1. The Kier molecular flexibility index (Phi) is 3.57. The number of benzene rings is 1. The molecule has 1 aromatic rings. The van der Waals surface area contributed by atoms with Crippen LogP contribution in [0.5, 0.6) is 0 Å². The second-order valence-electron chi connectivity index (χ2n) is 4.95. The van der Waals surface area contributed by atoms with E-state index in [1.54, 1.807) is 13.2 Å². The molecule has 0 aromatic heterocycles. The third kappa shape index (κ3) is 2.48. The molecule has 98 valence electrons. The highest BCUT2D eigenvalue weighted by Gasteiger charge is 2.36. The molecule has 1 fully saturated rings. The zero-order valence-corrected chi connectivity index (χ0v) is 10.8. The van der Waals surface area contributed by atoms with Crippen molar-refractivity contribution in [2.45, 2.75) is 31.8 Å². The zero-order chi connectivity index (χ0) is 13.2. The van der Waals surface area contributed by atoms with E-state index >= 15 is 0 Å². The first-order chi connectivity index (χ1) is 8.56. The Hall–Kier alpha value is -1.55. The Labute approximate surface area is 107 Å². The largest absolute Gasteiger partial charge is 0.478 e. The summed E-state index contributed by atoms with van der Waals surface area (Å²) in [4.78, 5) is 11.1. The van der Waals surface area contributed by atoms with Crippen molar-refractivity contribution in [3.63, 3.8) is 0 Å². The molecule has 2 N–H and O–H groups in total. The summed E-state index contributed by atoms with van der Waals surface area (Å²) in [5.41, 5.74) is 1.92. The van der Waals surface area contributed by atoms with Gasteiger partial charge in [-0.15, -0.1) is 0 Å². The molecule has 1 saturated carbocycles. The van der Waals surface area contributed by atoms with Gasteiger partial charge >= 0.3 is 5.97 Å². The number of carbonyl (C=O) groups is 1. The van der Waals surface area contributed by atoms with Gasteiger partial charge in [0.15, 0.2) is 0 Å². The predicted molar refractivity (Wildman–Crippen MR) is 70.2 cm³/mol. The highest BCUT2D eigenvalue weighted by Crippen LogP contribution is 2.35. The van der Waals surface area contributed by atoms with Crippen molar-refractivity contribution in [2.75, 3.05) is 19.0 Å². The van der Waals surface area contributed by atoms with E-state index in [1.807, 2.05) is 19.1 Å². The van der Waals surface area contributed by atoms with Gasteiger partial charge in [0.05, 0.1) is 11.2 Å². The number of aromatic carboxylic acids is 1. The van der Waals surface area contributed by atoms with E-state index in [2.05, 4.69) is 5.32 Å². The lowest BCUT2D eigenvalue weighted by Crippen LogP contribution is -2.45. The maximum Gasteiger partial charge on any atom is 0.337 e. The summed E-state index contributed by atoms with van der Waals surface area (Å²) in [7, 11) is 1.72. The number of anilines is 1. The van der Waals surface area contributed by atoms with Crippen molar-refractivity contribution in [3.05, 3.63) is 29.3 Å². The predicted octanol–water partition coefficient (Wildman–Crippen LogP) is 2.67. The van der Waals surface area contributed by atoms with E-state index in [0.29, 0.717) is 17.8 Å². The maximum atomic E-state index is 11.1. The van der Waals surface area contributed by atoms with Gasteiger partial charge in [0.25, 0.3) is 0 Å². The molecule has 0 aliphatic heterocycles. The normalized spacial score (nSPS) is 17.0. The first-order valence-electron chi connectivity index (χ1n) is 6.19. The number of ether oxygens (including phenoxy) is 1. The molecule has 0 radical (unpaired) electrons. The molecule has 4 heteroatoms. The number of aryl methyl sites for hydroxylation is 1. The summed E-state index contributed by atoms with van der Waals surface area (Å²) < 4.78 is 5.52. The molecule has 0 atom stereocenters. The summed E-state index contributed by atoms with van der Waals surface area (Å²) in [6.45, 7) is 2.61. The molecule has 1 aliphatic carbocycles. The van der Waals surface area contributed by atoms with Crippen molar-refractivity contribution in [1.29, 1.82) is 0 Å². The van der Waals surface area contributed by atoms with Gasteiger partial charge in [0.1, 0.15) is 0 Å². The summed E-state index contributed by atoms with van der Waals surface area (Å²) in [5.74, 6) is -0.905. The minimum Gasteiger partial charge on any atom is -0.478 e. The number of carboxylic acid groups (broad SMARTS) is 1. The monoisotopic (exact) mass is 249 g/mol. The molecular formula is C14H19NO3. The van der Waals surface area contributed by atoms with Gasteiger partial charge in [-0.2, -0.15) is 0 Å². The van der Waals surface area contributed by atoms with Crippen LogP contribution >= 0.6 is 0 Å². The molecular weight excluding hydrogens is 230 g/mol. The van der Waals surface area contributed by atoms with Crippen LogP contribution in [-0.2, 0) is 4.74 Å². The molecule has 0 spiro atoms. The van der Waals surface area contributed by atoms with Gasteiger partial charge in [0.2, 0.25) is 0 Å². The first kappa shape index (κ1) is 12.9. The van der Waals surface area contributed by atoms with Crippen LogP contribution in [0.4, 0.5) is 5.69 Å². The van der Waals surface area contributed by atoms with Crippen molar-refractivity contribution < 1.29 is 14.6 Å². The molecule has 0 unspecified atom stereocenters. The lowest BCUT2D eigenvalue weighted by molar-refractivity contribution is -0.0601. The standard InChI is InChI=1S/C14H19NO3/c1-10-4-5-11(13(16)17)12(8-10)15-9-14(18-2)6-3-7-14/h4-5,8,15H,3,6-7,9H2,1-2H3,(H,16,17). The van der Waals surface area contributed by atoms with Gasteiger partial charge in [-0.1, -0.05) is 6.07 Å². The second kappa shape index (κ2) is 4.98. The SMILES string of the molecule is COC1(CNc2cc(C)ccc2C(=O)O)CCC1. The fraction of sp³-hybridized carbons (Fsp3) is 0.500. The van der Waals surface area contributed by atoms with Gasteiger partial charge in [-0.3, -0.25) is 0 Å². The molecule has 0 saturated heterocycles. The molecule has 1 aromatic carbocycles. The summed E-state index contributed by atoms with van der Waals surface area (Å²) in [5, 5.41) is 12.4. The van der Waals surface area contributed by atoms with Crippen molar-refractivity contribution in [1.82, 2.24) is 0 Å². The van der Waals surface area contributed by atoms with Crippen LogP contribution in [-0.4, -0.2) is 30.3 Å². The fourth-order valence-electron chi connectivity index (χ4n) is 2.27. The molecule has 1 aliphatic rings. The van der Waals surface area contributed by atoms with E-state index in [1.165, 1.54) is 6.42 Å². The highest BCUT2D eigenvalue weighted by atomic mass is 16.5. The Morgan fingerprint density at radius 2 is 2.22 bits per heavy atom. The molecule has 4 nitrogen and oxygen atoms in total. The minimum absolute atomic E-state index is 0.112. The summed E-state index contributed by atoms with van der Waals surface area (Å²) in [6.07, 6.45) is 3.24. The Morgan fingerprint density at radius 3 is 2.72 bits per heavy atom. The van der Waals surface area contributed by atoms with Crippen molar-refractivity contribution in [2.24, 2.45) is 0 Å². The van der Waals surface area contributed by atoms with E-state index in [0.717, 1.165) is 18.4 Å². The lowest BCUT2D eigenvalue weighted by Gasteiger charge is -2.40.